The van der Waals surface area contributed by atoms with Crippen molar-refractivity contribution in [3.8, 4) is 0 Å². The van der Waals surface area contributed by atoms with Gasteiger partial charge in [0.25, 0.3) is 0 Å². The van der Waals surface area contributed by atoms with Gasteiger partial charge in [-0.1, -0.05) is 119 Å². The summed E-state index contributed by atoms with van der Waals surface area (Å²) in [7, 11) is 0. The van der Waals surface area contributed by atoms with Crippen molar-refractivity contribution in [2.24, 2.45) is 23.3 Å². The van der Waals surface area contributed by atoms with E-state index in [0.29, 0.717) is 18.5 Å². The van der Waals surface area contributed by atoms with Crippen molar-refractivity contribution in [1.82, 2.24) is 20.2 Å². The lowest BCUT2D eigenvalue weighted by Gasteiger charge is -2.37. The van der Waals surface area contributed by atoms with E-state index in [0.717, 1.165) is 16.7 Å². The molecule has 0 fully saturated rings. The van der Waals surface area contributed by atoms with Gasteiger partial charge < -0.3 is 31.8 Å². The van der Waals surface area contributed by atoms with Gasteiger partial charge >= 0.3 is 0 Å². The standard InChI is InChI=1S/C39H50N6O4/c1-26(2)20-33(35(46)23-36(47)43-34(37(41)48)21-27(3)4)44-38(49)32(40)22-31-24-45(25-42-31)39(28-14-8-5-9-15-28,29-16-10-6-11-17-29)30-18-12-7-13-19-30/h5-19,24-27,32-35,46H,20-23,40H2,1-4H3,(H2,41,48)(H,43,47)(H,44,49)/t32-,33-,34-,35-/m0/s1. The zero-order valence-electron chi connectivity index (χ0n) is 28.8. The van der Waals surface area contributed by atoms with Gasteiger partial charge in [0, 0.05) is 12.6 Å². The van der Waals surface area contributed by atoms with E-state index in [1.54, 1.807) is 6.33 Å². The summed E-state index contributed by atoms with van der Waals surface area (Å²) in [6, 6.07) is 28.1. The lowest BCUT2D eigenvalue weighted by atomic mass is 9.77. The van der Waals surface area contributed by atoms with Crippen LogP contribution in [0, 0.1) is 11.8 Å². The van der Waals surface area contributed by atoms with Crippen LogP contribution in [-0.4, -0.2) is 56.6 Å². The zero-order chi connectivity index (χ0) is 35.6. The Bertz CT molecular complexity index is 1550. The van der Waals surface area contributed by atoms with Gasteiger partial charge in [-0.15, -0.1) is 0 Å². The number of carbonyl (C=O) groups is 3. The molecule has 0 aliphatic carbocycles. The zero-order valence-corrected chi connectivity index (χ0v) is 28.8. The van der Waals surface area contributed by atoms with Gasteiger partial charge in [-0.05, 0) is 41.4 Å². The second kappa shape index (κ2) is 17.0. The molecule has 0 radical (unpaired) electrons. The Morgan fingerprint density at radius 2 is 1.29 bits per heavy atom. The molecule has 0 unspecified atom stereocenters. The summed E-state index contributed by atoms with van der Waals surface area (Å²) in [5.74, 6) is -1.37. The Labute approximate surface area is 289 Å². The molecule has 10 heteroatoms. The van der Waals surface area contributed by atoms with E-state index in [1.807, 2.05) is 88.5 Å². The molecule has 0 aliphatic heterocycles. The van der Waals surface area contributed by atoms with Crippen molar-refractivity contribution in [3.05, 3.63) is 126 Å². The van der Waals surface area contributed by atoms with Gasteiger partial charge in [0.05, 0.1) is 36.6 Å². The van der Waals surface area contributed by atoms with Crippen molar-refractivity contribution < 1.29 is 19.5 Å². The topological polar surface area (TPSA) is 165 Å². The van der Waals surface area contributed by atoms with E-state index in [2.05, 4.69) is 51.6 Å². The maximum Gasteiger partial charge on any atom is 0.240 e. The number of rotatable bonds is 17. The van der Waals surface area contributed by atoms with E-state index in [-0.39, 0.29) is 24.7 Å². The number of primary amides is 1. The molecule has 3 amide bonds. The summed E-state index contributed by atoms with van der Waals surface area (Å²) in [6.07, 6.45) is 3.14. The maximum atomic E-state index is 13.4. The average molecular weight is 667 g/mol. The predicted octanol–water partition coefficient (Wildman–Crippen LogP) is 3.89. The largest absolute Gasteiger partial charge is 0.390 e. The van der Waals surface area contributed by atoms with Crippen LogP contribution >= 0.6 is 0 Å². The molecule has 4 rings (SSSR count). The fraction of sp³-hybridized carbons (Fsp3) is 0.385. The van der Waals surface area contributed by atoms with Crippen LogP contribution in [0.2, 0.25) is 0 Å². The van der Waals surface area contributed by atoms with Crippen LogP contribution in [-0.2, 0) is 26.3 Å². The second-order valence-corrected chi connectivity index (χ2v) is 13.6. The van der Waals surface area contributed by atoms with Crippen molar-refractivity contribution in [1.29, 1.82) is 0 Å². The molecule has 0 spiro atoms. The highest BCUT2D eigenvalue weighted by Gasteiger charge is 2.38. The number of nitrogens with zero attached hydrogens (tertiary/aromatic N) is 2. The minimum absolute atomic E-state index is 0.108. The summed E-state index contributed by atoms with van der Waals surface area (Å²) in [6.45, 7) is 7.77. The summed E-state index contributed by atoms with van der Waals surface area (Å²) < 4.78 is 2.07. The van der Waals surface area contributed by atoms with E-state index >= 15 is 0 Å². The number of nitrogens with one attached hydrogen (secondary N) is 2. The number of hydrogen-bond acceptors (Lipinski definition) is 6. The van der Waals surface area contributed by atoms with Gasteiger partial charge in [-0.25, -0.2) is 4.98 Å². The first kappa shape index (κ1) is 37.0. The first-order valence-electron chi connectivity index (χ1n) is 16.9. The Hall–Kier alpha value is -4.80. The highest BCUT2D eigenvalue weighted by Crippen LogP contribution is 2.40. The van der Waals surface area contributed by atoms with Crippen LogP contribution in [0.5, 0.6) is 0 Å². The Balaban J connectivity index is 1.54. The van der Waals surface area contributed by atoms with Crippen molar-refractivity contribution >= 4 is 17.7 Å². The highest BCUT2D eigenvalue weighted by atomic mass is 16.3. The summed E-state index contributed by atoms with van der Waals surface area (Å²) in [5.41, 5.74) is 14.9. The quantitative estimate of drug-likeness (QED) is 0.107. The Kier molecular flexibility index (Phi) is 12.9. The normalized spacial score (nSPS) is 14.2. The molecule has 1 heterocycles. The minimum Gasteiger partial charge on any atom is -0.390 e. The average Bonchev–Trinajstić information content (AvgIpc) is 3.53. The number of nitrogens with two attached hydrogens (primary N) is 2. The summed E-state index contributed by atoms with van der Waals surface area (Å²) >= 11 is 0. The van der Waals surface area contributed by atoms with Crippen LogP contribution in [0.25, 0.3) is 0 Å². The smallest absolute Gasteiger partial charge is 0.240 e. The van der Waals surface area contributed by atoms with Crippen molar-refractivity contribution in [2.75, 3.05) is 0 Å². The molecule has 1 aromatic heterocycles. The SMILES string of the molecule is CC(C)C[C@H](NC(=O)C[C@H](O)[C@H](CC(C)C)NC(=O)[C@@H](N)Cc1cn(C(c2ccccc2)(c2ccccc2)c2ccccc2)cn1)C(N)=O. The minimum atomic E-state index is -1.20. The molecule has 0 saturated carbocycles. The molecular formula is C39H50N6O4. The van der Waals surface area contributed by atoms with Gasteiger partial charge in [0.2, 0.25) is 17.7 Å². The molecule has 49 heavy (non-hydrogen) atoms. The van der Waals surface area contributed by atoms with Crippen molar-refractivity contribution in [3.63, 3.8) is 0 Å². The van der Waals surface area contributed by atoms with Gasteiger partial charge in [-0.2, -0.15) is 0 Å². The van der Waals surface area contributed by atoms with Crippen LogP contribution < -0.4 is 22.1 Å². The number of aliphatic hydroxyl groups is 1. The van der Waals surface area contributed by atoms with Gasteiger partial charge in [0.15, 0.2) is 0 Å². The Morgan fingerprint density at radius 3 is 1.73 bits per heavy atom. The monoisotopic (exact) mass is 666 g/mol. The fourth-order valence-electron chi connectivity index (χ4n) is 6.37. The number of aromatic nitrogens is 2. The molecule has 0 saturated heterocycles. The number of amides is 3. The Morgan fingerprint density at radius 1 is 0.796 bits per heavy atom. The first-order chi connectivity index (χ1) is 23.4. The lowest BCUT2D eigenvalue weighted by Crippen LogP contribution is -2.52. The van der Waals surface area contributed by atoms with Crippen LogP contribution in [0.1, 0.15) is 69.3 Å². The van der Waals surface area contributed by atoms with E-state index < -0.39 is 47.5 Å². The van der Waals surface area contributed by atoms with Gasteiger partial charge in [-0.3, -0.25) is 14.4 Å². The molecule has 0 aliphatic rings. The molecule has 0 bridgehead atoms. The molecule has 4 atom stereocenters. The summed E-state index contributed by atoms with van der Waals surface area (Å²) in [4.78, 5) is 42.8. The maximum absolute atomic E-state index is 13.4. The first-order valence-corrected chi connectivity index (χ1v) is 16.9. The van der Waals surface area contributed by atoms with Crippen molar-refractivity contribution in [2.45, 2.75) is 83.1 Å². The number of aliphatic hydroxyl groups excluding tert-OH is 1. The molecule has 3 aromatic carbocycles. The number of hydrogen-bond donors (Lipinski definition) is 5. The second-order valence-electron chi connectivity index (χ2n) is 13.6. The third-order valence-corrected chi connectivity index (χ3v) is 8.66. The van der Waals surface area contributed by atoms with E-state index in [9.17, 15) is 19.5 Å². The van der Waals surface area contributed by atoms with Crippen LogP contribution in [0.4, 0.5) is 0 Å². The third-order valence-electron chi connectivity index (χ3n) is 8.66. The lowest BCUT2D eigenvalue weighted by molar-refractivity contribution is -0.130. The summed E-state index contributed by atoms with van der Waals surface area (Å²) in [5, 5.41) is 16.6. The predicted molar refractivity (Wildman–Crippen MR) is 191 cm³/mol. The van der Waals surface area contributed by atoms with Gasteiger partial charge in [0.1, 0.15) is 11.6 Å². The van der Waals surface area contributed by atoms with E-state index in [4.69, 9.17) is 16.5 Å². The van der Waals surface area contributed by atoms with Crippen LogP contribution in [0.3, 0.4) is 0 Å². The number of benzene rings is 3. The molecule has 260 valence electrons. The number of carbonyl (C=O) groups excluding carboxylic acids is 3. The highest BCUT2D eigenvalue weighted by molar-refractivity contribution is 5.87. The number of imidazole rings is 1. The molecule has 10 nitrogen and oxygen atoms in total. The fourth-order valence-corrected chi connectivity index (χ4v) is 6.37. The molecule has 7 N–H and O–H groups in total. The van der Waals surface area contributed by atoms with Crippen LogP contribution in [0.15, 0.2) is 104 Å². The molecular weight excluding hydrogens is 616 g/mol. The van der Waals surface area contributed by atoms with E-state index in [1.165, 1.54) is 0 Å². The molecule has 4 aromatic rings. The third kappa shape index (κ3) is 9.43.